The Morgan fingerprint density at radius 2 is 1.81 bits per heavy atom. The van der Waals surface area contributed by atoms with Gasteiger partial charge in [-0.05, 0) is 37.8 Å². The van der Waals surface area contributed by atoms with Crippen molar-refractivity contribution in [3.05, 3.63) is 18.2 Å². The van der Waals surface area contributed by atoms with Gasteiger partial charge >= 0.3 is 11.9 Å². The number of carbonyl (C=O) groups excluding carboxylic acids is 2. The molecule has 0 spiro atoms. The fraction of sp³-hybridized carbons (Fsp3) is 0.526. The van der Waals surface area contributed by atoms with Gasteiger partial charge in [0, 0.05) is 20.1 Å². The number of esters is 2. The van der Waals surface area contributed by atoms with Crippen molar-refractivity contribution in [2.24, 2.45) is 10.9 Å². The zero-order valence-electron chi connectivity index (χ0n) is 15.2. The van der Waals surface area contributed by atoms with E-state index in [2.05, 4.69) is 4.99 Å². The maximum Gasteiger partial charge on any atom is 0.329 e. The average molecular weight is 361 g/mol. The van der Waals surface area contributed by atoms with Crippen molar-refractivity contribution in [1.82, 2.24) is 0 Å². The molecule has 0 aromatic heterocycles. The van der Waals surface area contributed by atoms with Crippen molar-refractivity contribution in [3.63, 3.8) is 0 Å². The third kappa shape index (κ3) is 3.98. The van der Waals surface area contributed by atoms with Crippen LogP contribution in [-0.4, -0.2) is 37.2 Å². The van der Waals surface area contributed by atoms with Crippen molar-refractivity contribution in [2.45, 2.75) is 51.4 Å². The van der Waals surface area contributed by atoms with Gasteiger partial charge in [-0.25, -0.2) is 0 Å². The van der Waals surface area contributed by atoms with Crippen molar-refractivity contribution < 1.29 is 28.5 Å². The third-order valence-corrected chi connectivity index (χ3v) is 4.33. The van der Waals surface area contributed by atoms with Crippen LogP contribution in [-0.2, 0) is 19.1 Å². The lowest BCUT2D eigenvalue weighted by atomic mass is 10.1. The molecule has 1 aromatic rings. The Morgan fingerprint density at radius 1 is 1.15 bits per heavy atom. The van der Waals surface area contributed by atoms with Crippen molar-refractivity contribution in [1.29, 1.82) is 0 Å². The number of ether oxygens (including phenoxy) is 4. The molecule has 0 bridgehead atoms. The Hall–Kier alpha value is -2.57. The molecule has 1 aromatic carbocycles. The Kier molecular flexibility index (Phi) is 5.15. The molecule has 1 saturated heterocycles. The van der Waals surface area contributed by atoms with Crippen LogP contribution >= 0.6 is 0 Å². The van der Waals surface area contributed by atoms with Gasteiger partial charge in [-0.3, -0.25) is 14.6 Å². The number of para-hydroxylation sites is 1. The van der Waals surface area contributed by atoms with E-state index in [9.17, 15) is 9.59 Å². The second-order valence-electron chi connectivity index (χ2n) is 6.83. The van der Waals surface area contributed by atoms with E-state index in [0.29, 0.717) is 17.2 Å². The fourth-order valence-electron chi connectivity index (χ4n) is 3.06. The molecule has 7 nitrogen and oxygen atoms in total. The molecular weight excluding hydrogens is 338 g/mol. The van der Waals surface area contributed by atoms with Crippen molar-refractivity contribution in [3.8, 4) is 11.5 Å². The first-order valence-electron chi connectivity index (χ1n) is 8.73. The highest BCUT2D eigenvalue weighted by molar-refractivity contribution is 6.10. The Morgan fingerprint density at radius 3 is 2.42 bits per heavy atom. The first kappa shape index (κ1) is 18.2. The summed E-state index contributed by atoms with van der Waals surface area (Å²) in [6.07, 6.45) is 5.58. The second kappa shape index (κ2) is 7.35. The summed E-state index contributed by atoms with van der Waals surface area (Å²) in [5, 5.41) is 0. The fourth-order valence-corrected chi connectivity index (χ4v) is 3.06. The average Bonchev–Trinajstić information content (AvgIpc) is 3.07. The van der Waals surface area contributed by atoms with E-state index >= 15 is 0 Å². The minimum absolute atomic E-state index is 0.116. The summed E-state index contributed by atoms with van der Waals surface area (Å²) in [6, 6.07) is 5.30. The number of benzene rings is 1. The van der Waals surface area contributed by atoms with Gasteiger partial charge in [-0.2, -0.15) is 0 Å². The van der Waals surface area contributed by atoms with E-state index in [0.717, 1.165) is 25.7 Å². The lowest BCUT2D eigenvalue weighted by Gasteiger charge is -2.31. The van der Waals surface area contributed by atoms with Crippen LogP contribution in [0.4, 0.5) is 5.69 Å². The molecule has 7 heteroatoms. The SMILES string of the molecule is COc1cccc(N=CC2C(=O)OC(C)(C)OC2=O)c1OC1CCCC1. The van der Waals surface area contributed by atoms with Gasteiger partial charge in [-0.1, -0.05) is 6.07 Å². The molecule has 3 rings (SSSR count). The van der Waals surface area contributed by atoms with Gasteiger partial charge in [0.25, 0.3) is 5.79 Å². The Bertz CT molecular complexity index is 701. The number of cyclic esters (lactones) is 2. The van der Waals surface area contributed by atoms with Gasteiger partial charge < -0.3 is 18.9 Å². The zero-order valence-corrected chi connectivity index (χ0v) is 15.2. The molecule has 0 amide bonds. The summed E-state index contributed by atoms with van der Waals surface area (Å²) in [7, 11) is 1.56. The van der Waals surface area contributed by atoms with Gasteiger partial charge in [0.1, 0.15) is 5.69 Å². The molecule has 0 atom stereocenters. The normalized spacial score (nSPS) is 20.9. The summed E-state index contributed by atoms with van der Waals surface area (Å²) >= 11 is 0. The highest BCUT2D eigenvalue weighted by atomic mass is 16.7. The minimum Gasteiger partial charge on any atom is -0.493 e. The van der Waals surface area contributed by atoms with Gasteiger partial charge in [0.05, 0.1) is 13.2 Å². The summed E-state index contributed by atoms with van der Waals surface area (Å²) < 4.78 is 21.7. The monoisotopic (exact) mass is 361 g/mol. The highest BCUT2D eigenvalue weighted by Crippen LogP contribution is 2.39. The second-order valence-corrected chi connectivity index (χ2v) is 6.83. The molecular formula is C19H23NO6. The summed E-state index contributed by atoms with van der Waals surface area (Å²) in [4.78, 5) is 28.4. The van der Waals surface area contributed by atoms with Crippen LogP contribution in [0.2, 0.25) is 0 Å². The molecule has 140 valence electrons. The van der Waals surface area contributed by atoms with Crippen LogP contribution < -0.4 is 9.47 Å². The number of hydrogen-bond acceptors (Lipinski definition) is 7. The molecule has 1 saturated carbocycles. The number of nitrogens with zero attached hydrogens (tertiary/aromatic N) is 1. The number of methoxy groups -OCH3 is 1. The Labute approximate surface area is 152 Å². The minimum atomic E-state index is -1.26. The molecule has 1 heterocycles. The lowest BCUT2D eigenvalue weighted by Crippen LogP contribution is -2.46. The van der Waals surface area contributed by atoms with Crippen LogP contribution in [0.1, 0.15) is 39.5 Å². The van der Waals surface area contributed by atoms with E-state index in [1.165, 1.54) is 20.1 Å². The van der Waals surface area contributed by atoms with E-state index < -0.39 is 23.6 Å². The molecule has 1 aliphatic carbocycles. The smallest absolute Gasteiger partial charge is 0.329 e. The largest absolute Gasteiger partial charge is 0.493 e. The van der Waals surface area contributed by atoms with E-state index in [4.69, 9.17) is 18.9 Å². The first-order chi connectivity index (χ1) is 12.4. The van der Waals surface area contributed by atoms with Crippen LogP contribution in [0.3, 0.4) is 0 Å². The van der Waals surface area contributed by atoms with Gasteiger partial charge in [0.15, 0.2) is 17.4 Å². The maximum absolute atomic E-state index is 12.1. The van der Waals surface area contributed by atoms with Crippen LogP contribution in [0, 0.1) is 5.92 Å². The summed E-state index contributed by atoms with van der Waals surface area (Å²) in [6.45, 7) is 3.01. The molecule has 2 aliphatic rings. The van der Waals surface area contributed by atoms with E-state index in [1.807, 2.05) is 0 Å². The highest BCUT2D eigenvalue weighted by Gasteiger charge is 2.42. The Balaban J connectivity index is 1.83. The quantitative estimate of drug-likeness (QED) is 0.455. The zero-order chi connectivity index (χ0) is 18.7. The molecule has 0 unspecified atom stereocenters. The van der Waals surface area contributed by atoms with E-state index in [1.54, 1.807) is 25.3 Å². The number of rotatable bonds is 5. The number of carbonyl (C=O) groups is 2. The van der Waals surface area contributed by atoms with Crippen molar-refractivity contribution in [2.75, 3.05) is 7.11 Å². The maximum atomic E-state index is 12.1. The topological polar surface area (TPSA) is 83.4 Å². The van der Waals surface area contributed by atoms with Crippen molar-refractivity contribution >= 4 is 23.8 Å². The molecule has 26 heavy (non-hydrogen) atoms. The number of aliphatic imine (C=N–C) groups is 1. The molecule has 2 fully saturated rings. The van der Waals surface area contributed by atoms with Gasteiger partial charge in [0.2, 0.25) is 0 Å². The summed E-state index contributed by atoms with van der Waals surface area (Å²) in [5.74, 6) is -2.76. The van der Waals surface area contributed by atoms with Crippen LogP contribution in [0.5, 0.6) is 11.5 Å². The molecule has 0 radical (unpaired) electrons. The first-order valence-corrected chi connectivity index (χ1v) is 8.73. The molecule has 0 N–H and O–H groups in total. The predicted molar refractivity (Wildman–Crippen MR) is 93.8 cm³/mol. The van der Waals surface area contributed by atoms with Crippen LogP contribution in [0.25, 0.3) is 0 Å². The molecule has 1 aliphatic heterocycles. The van der Waals surface area contributed by atoms with E-state index in [-0.39, 0.29) is 6.10 Å². The van der Waals surface area contributed by atoms with Crippen LogP contribution in [0.15, 0.2) is 23.2 Å². The predicted octanol–water partition coefficient (Wildman–Crippen LogP) is 3.17. The summed E-state index contributed by atoms with van der Waals surface area (Å²) in [5.41, 5.74) is 0.488. The third-order valence-electron chi connectivity index (χ3n) is 4.33. The standard InChI is InChI=1S/C19H23NO6/c1-19(2)25-17(21)13(18(22)26-19)11-20-14-9-6-10-15(23-3)16(14)24-12-7-4-5-8-12/h6,9-13H,4-5,7-8H2,1-3H3. The lowest BCUT2D eigenvalue weighted by molar-refractivity contribution is -0.235. The number of hydrogen-bond donors (Lipinski definition) is 0. The van der Waals surface area contributed by atoms with Gasteiger partial charge in [-0.15, -0.1) is 0 Å².